The Hall–Kier alpha value is -0.450. The molecule has 4 heteroatoms. The van der Waals surface area contributed by atoms with Crippen LogP contribution in [0.15, 0.2) is 0 Å². The van der Waals surface area contributed by atoms with Crippen LogP contribution >= 0.6 is 0 Å². The zero-order valence-corrected chi connectivity index (χ0v) is 8.54. The summed E-state index contributed by atoms with van der Waals surface area (Å²) >= 11 is 0. The lowest BCUT2D eigenvalue weighted by Crippen LogP contribution is -2.55. The standard InChI is InChI=1S/C10H19N3O/c14-8-10(9-2-1-3-12-9)13-6-4-11-5-7-13/h8-12H,1-7H2. The van der Waals surface area contributed by atoms with E-state index in [1.54, 1.807) is 0 Å². The molecule has 2 rings (SSSR count). The Balaban J connectivity index is 1.92. The molecule has 2 saturated heterocycles. The molecular formula is C10H19N3O. The van der Waals surface area contributed by atoms with E-state index in [4.69, 9.17) is 0 Å². The van der Waals surface area contributed by atoms with E-state index in [2.05, 4.69) is 15.5 Å². The molecule has 0 saturated carbocycles. The Morgan fingerprint density at radius 1 is 1.29 bits per heavy atom. The summed E-state index contributed by atoms with van der Waals surface area (Å²) in [5, 5.41) is 6.72. The Bertz CT molecular complexity index is 186. The first kappa shape index (κ1) is 10.1. The number of aldehydes is 1. The average Bonchev–Trinajstić information content (AvgIpc) is 2.74. The summed E-state index contributed by atoms with van der Waals surface area (Å²) in [5.41, 5.74) is 0. The van der Waals surface area contributed by atoms with Gasteiger partial charge in [-0.2, -0.15) is 0 Å². The van der Waals surface area contributed by atoms with Gasteiger partial charge in [0, 0.05) is 32.2 Å². The highest BCUT2D eigenvalue weighted by Crippen LogP contribution is 2.13. The Labute approximate surface area is 85.0 Å². The molecule has 2 N–H and O–H groups in total. The first-order chi connectivity index (χ1) is 6.92. The van der Waals surface area contributed by atoms with Gasteiger partial charge in [-0.05, 0) is 19.4 Å². The van der Waals surface area contributed by atoms with Crippen LogP contribution in [0.25, 0.3) is 0 Å². The monoisotopic (exact) mass is 197 g/mol. The predicted octanol–water partition coefficient (Wildman–Crippen LogP) is -0.789. The normalized spacial score (nSPS) is 31.6. The molecule has 0 aromatic carbocycles. The van der Waals surface area contributed by atoms with Gasteiger partial charge in [0.2, 0.25) is 0 Å². The minimum absolute atomic E-state index is 0.0969. The van der Waals surface area contributed by atoms with E-state index in [0.717, 1.165) is 45.4 Å². The molecule has 0 amide bonds. The summed E-state index contributed by atoms with van der Waals surface area (Å²) in [6, 6.07) is 0.491. The predicted molar refractivity (Wildman–Crippen MR) is 55.3 cm³/mol. The number of nitrogens with one attached hydrogen (secondary N) is 2. The number of hydrogen-bond donors (Lipinski definition) is 2. The number of nitrogens with zero attached hydrogens (tertiary/aromatic N) is 1. The van der Waals surface area contributed by atoms with Crippen LogP contribution in [0.2, 0.25) is 0 Å². The van der Waals surface area contributed by atoms with Crippen molar-refractivity contribution in [2.45, 2.75) is 24.9 Å². The second-order valence-corrected chi connectivity index (χ2v) is 4.12. The van der Waals surface area contributed by atoms with E-state index < -0.39 is 0 Å². The maximum atomic E-state index is 11.1. The van der Waals surface area contributed by atoms with E-state index in [1.165, 1.54) is 6.42 Å². The van der Waals surface area contributed by atoms with Gasteiger partial charge in [-0.1, -0.05) is 0 Å². The van der Waals surface area contributed by atoms with Crippen molar-refractivity contribution >= 4 is 6.29 Å². The van der Waals surface area contributed by atoms with Crippen molar-refractivity contribution in [2.24, 2.45) is 0 Å². The minimum atomic E-state index is 0.0969. The van der Waals surface area contributed by atoms with E-state index in [-0.39, 0.29) is 6.04 Å². The lowest BCUT2D eigenvalue weighted by molar-refractivity contribution is -0.113. The van der Waals surface area contributed by atoms with Gasteiger partial charge in [-0.3, -0.25) is 4.90 Å². The first-order valence-corrected chi connectivity index (χ1v) is 5.55. The van der Waals surface area contributed by atoms with Gasteiger partial charge >= 0.3 is 0 Å². The van der Waals surface area contributed by atoms with Gasteiger partial charge in [-0.15, -0.1) is 0 Å². The van der Waals surface area contributed by atoms with Crippen LogP contribution in [0.4, 0.5) is 0 Å². The zero-order chi connectivity index (χ0) is 9.80. The van der Waals surface area contributed by atoms with Gasteiger partial charge in [0.15, 0.2) is 0 Å². The summed E-state index contributed by atoms with van der Waals surface area (Å²) in [7, 11) is 0. The van der Waals surface area contributed by atoms with Gasteiger partial charge in [0.05, 0.1) is 6.04 Å². The fourth-order valence-corrected chi connectivity index (χ4v) is 2.42. The first-order valence-electron chi connectivity index (χ1n) is 5.55. The molecule has 80 valence electrons. The smallest absolute Gasteiger partial charge is 0.138 e. The third kappa shape index (κ3) is 2.13. The van der Waals surface area contributed by atoms with Gasteiger partial charge in [0.25, 0.3) is 0 Å². The fraction of sp³-hybridized carbons (Fsp3) is 0.900. The molecule has 14 heavy (non-hydrogen) atoms. The summed E-state index contributed by atoms with van der Waals surface area (Å²) in [5.74, 6) is 0. The van der Waals surface area contributed by atoms with Crippen LogP contribution in [-0.4, -0.2) is 56.0 Å². The summed E-state index contributed by atoms with van der Waals surface area (Å²) in [6.45, 7) is 5.10. The largest absolute Gasteiger partial charge is 0.314 e. The molecular weight excluding hydrogens is 178 g/mol. The molecule has 0 radical (unpaired) electrons. The van der Waals surface area contributed by atoms with Crippen molar-refractivity contribution in [2.75, 3.05) is 32.7 Å². The highest BCUT2D eigenvalue weighted by Gasteiger charge is 2.29. The molecule has 2 aliphatic rings. The molecule has 0 aromatic heterocycles. The maximum absolute atomic E-state index is 11.1. The number of carbonyl (C=O) groups excluding carboxylic acids is 1. The SMILES string of the molecule is O=CC(C1CCCN1)N1CCNCC1. The van der Waals surface area contributed by atoms with Crippen molar-refractivity contribution in [1.82, 2.24) is 15.5 Å². The molecule has 2 unspecified atom stereocenters. The van der Waals surface area contributed by atoms with E-state index in [1.807, 2.05) is 0 Å². The summed E-state index contributed by atoms with van der Waals surface area (Å²) < 4.78 is 0. The van der Waals surface area contributed by atoms with Crippen molar-refractivity contribution in [3.8, 4) is 0 Å². The Morgan fingerprint density at radius 2 is 2.07 bits per heavy atom. The van der Waals surface area contributed by atoms with Crippen LogP contribution < -0.4 is 10.6 Å². The topological polar surface area (TPSA) is 44.4 Å². The van der Waals surface area contributed by atoms with Crippen molar-refractivity contribution in [1.29, 1.82) is 0 Å². The lowest BCUT2D eigenvalue weighted by atomic mass is 10.1. The molecule has 0 aromatic rings. The molecule has 0 bridgehead atoms. The highest BCUT2D eigenvalue weighted by molar-refractivity contribution is 5.59. The average molecular weight is 197 g/mol. The molecule has 0 spiro atoms. The summed E-state index contributed by atoms with van der Waals surface area (Å²) in [4.78, 5) is 13.4. The zero-order valence-electron chi connectivity index (χ0n) is 8.54. The molecule has 0 aliphatic carbocycles. The van der Waals surface area contributed by atoms with Crippen LogP contribution in [0, 0.1) is 0 Å². The van der Waals surface area contributed by atoms with E-state index >= 15 is 0 Å². The van der Waals surface area contributed by atoms with Crippen molar-refractivity contribution in [3.63, 3.8) is 0 Å². The minimum Gasteiger partial charge on any atom is -0.314 e. The Morgan fingerprint density at radius 3 is 2.64 bits per heavy atom. The molecule has 2 atom stereocenters. The molecule has 4 nitrogen and oxygen atoms in total. The number of piperazine rings is 1. The van der Waals surface area contributed by atoms with Gasteiger partial charge in [0.1, 0.15) is 6.29 Å². The Kier molecular flexibility index (Phi) is 3.50. The second kappa shape index (κ2) is 4.87. The lowest BCUT2D eigenvalue weighted by Gasteiger charge is -2.34. The quantitative estimate of drug-likeness (QED) is 0.582. The van der Waals surface area contributed by atoms with Crippen LogP contribution in [0.1, 0.15) is 12.8 Å². The van der Waals surface area contributed by atoms with E-state index in [0.29, 0.717) is 6.04 Å². The fourth-order valence-electron chi connectivity index (χ4n) is 2.42. The maximum Gasteiger partial charge on any atom is 0.138 e. The third-order valence-electron chi connectivity index (χ3n) is 3.22. The van der Waals surface area contributed by atoms with Crippen LogP contribution in [0.5, 0.6) is 0 Å². The summed E-state index contributed by atoms with van der Waals surface area (Å²) in [6.07, 6.45) is 3.47. The third-order valence-corrected chi connectivity index (χ3v) is 3.22. The van der Waals surface area contributed by atoms with Crippen molar-refractivity contribution < 1.29 is 4.79 Å². The highest BCUT2D eigenvalue weighted by atomic mass is 16.1. The van der Waals surface area contributed by atoms with E-state index in [9.17, 15) is 4.79 Å². The van der Waals surface area contributed by atoms with Crippen LogP contribution in [-0.2, 0) is 4.79 Å². The van der Waals surface area contributed by atoms with Gasteiger partial charge in [-0.25, -0.2) is 0 Å². The number of rotatable bonds is 3. The number of carbonyl (C=O) groups is 1. The number of hydrogen-bond acceptors (Lipinski definition) is 4. The van der Waals surface area contributed by atoms with Crippen molar-refractivity contribution in [3.05, 3.63) is 0 Å². The van der Waals surface area contributed by atoms with Gasteiger partial charge < -0.3 is 15.4 Å². The molecule has 2 fully saturated rings. The van der Waals surface area contributed by atoms with Crippen LogP contribution in [0.3, 0.4) is 0 Å². The molecule has 2 aliphatic heterocycles. The second-order valence-electron chi connectivity index (χ2n) is 4.12. The molecule has 2 heterocycles.